The zero-order valence-electron chi connectivity index (χ0n) is 16.3. The minimum atomic E-state index is -0.586. The molecule has 8 heteroatoms. The lowest BCUT2D eigenvalue weighted by Crippen LogP contribution is -2.40. The molecular formula is C21H23N3O3S2. The van der Waals surface area contributed by atoms with E-state index in [0.717, 1.165) is 10.7 Å². The summed E-state index contributed by atoms with van der Waals surface area (Å²) in [7, 11) is 3.57. The number of rotatable bonds is 6. The van der Waals surface area contributed by atoms with Crippen molar-refractivity contribution in [2.45, 2.75) is 18.7 Å². The van der Waals surface area contributed by atoms with E-state index in [9.17, 15) is 9.90 Å². The predicted molar refractivity (Wildman–Crippen MR) is 116 cm³/mol. The summed E-state index contributed by atoms with van der Waals surface area (Å²) in [6, 6.07) is 11.0. The number of ether oxygens (including phenoxy) is 1. The van der Waals surface area contributed by atoms with Gasteiger partial charge in [0.2, 0.25) is 0 Å². The van der Waals surface area contributed by atoms with Gasteiger partial charge in [-0.3, -0.25) is 9.69 Å². The zero-order chi connectivity index (χ0) is 20.4. The third-order valence-corrected chi connectivity index (χ3v) is 7.07. The number of methoxy groups -OCH3 is 1. The highest BCUT2D eigenvalue weighted by molar-refractivity contribution is 7.20. The van der Waals surface area contributed by atoms with Gasteiger partial charge in [-0.25, -0.2) is 4.98 Å². The van der Waals surface area contributed by atoms with Crippen LogP contribution in [0.15, 0.2) is 47.2 Å². The number of hydrogen-bond acceptors (Lipinski definition) is 7. The van der Waals surface area contributed by atoms with Crippen molar-refractivity contribution >= 4 is 28.6 Å². The molecular weight excluding hydrogens is 406 g/mol. The lowest BCUT2D eigenvalue weighted by molar-refractivity contribution is 0.0762. The summed E-state index contributed by atoms with van der Waals surface area (Å²) in [5, 5.41) is 15.7. The zero-order valence-corrected chi connectivity index (χ0v) is 17.9. The first-order valence-electron chi connectivity index (χ1n) is 9.35. The van der Waals surface area contributed by atoms with Gasteiger partial charge in [0.1, 0.15) is 10.8 Å². The second-order valence-electron chi connectivity index (χ2n) is 7.11. The Kier molecular flexibility index (Phi) is 5.96. The first kappa shape index (κ1) is 20.0. The number of β-amino-alcohol motifs (C(OH)–C–C–N with tert-alkyl or cyclic N) is 1. The highest BCUT2D eigenvalue weighted by Crippen LogP contribution is 2.28. The molecule has 0 unspecified atom stereocenters. The smallest absolute Gasteiger partial charge is 0.254 e. The van der Waals surface area contributed by atoms with Crippen molar-refractivity contribution in [1.29, 1.82) is 0 Å². The van der Waals surface area contributed by atoms with Crippen molar-refractivity contribution in [1.82, 2.24) is 14.8 Å². The largest absolute Gasteiger partial charge is 0.497 e. The third-order valence-electron chi connectivity index (χ3n) is 5.14. The monoisotopic (exact) mass is 429 g/mol. The molecule has 1 N–H and O–H groups in total. The summed E-state index contributed by atoms with van der Waals surface area (Å²) in [5.74, 6) is 0.641. The quantitative estimate of drug-likeness (QED) is 0.652. The molecule has 1 amide bonds. The van der Waals surface area contributed by atoms with Crippen LogP contribution in [0.5, 0.6) is 5.75 Å². The van der Waals surface area contributed by atoms with Gasteiger partial charge in [-0.15, -0.1) is 22.7 Å². The van der Waals surface area contributed by atoms with Gasteiger partial charge in [0.05, 0.1) is 29.8 Å². The molecule has 3 heterocycles. The highest BCUT2D eigenvalue weighted by atomic mass is 32.1. The van der Waals surface area contributed by atoms with E-state index >= 15 is 0 Å². The molecule has 4 rings (SSSR count). The molecule has 0 saturated carbocycles. The molecule has 29 heavy (non-hydrogen) atoms. The van der Waals surface area contributed by atoms with Crippen molar-refractivity contribution in [3.63, 3.8) is 0 Å². The molecule has 2 aromatic heterocycles. The highest BCUT2D eigenvalue weighted by Gasteiger charge is 2.36. The number of thiazole rings is 1. The minimum absolute atomic E-state index is 0.0729. The van der Waals surface area contributed by atoms with Crippen LogP contribution in [-0.4, -0.2) is 65.2 Å². The van der Waals surface area contributed by atoms with Gasteiger partial charge in [0.25, 0.3) is 5.91 Å². The van der Waals surface area contributed by atoms with Crippen LogP contribution in [0.2, 0.25) is 0 Å². The van der Waals surface area contributed by atoms with Gasteiger partial charge >= 0.3 is 0 Å². The Balaban J connectivity index is 1.39. The first-order valence-corrected chi connectivity index (χ1v) is 11.1. The topological polar surface area (TPSA) is 65.9 Å². The second kappa shape index (κ2) is 8.62. The summed E-state index contributed by atoms with van der Waals surface area (Å²) in [6.07, 6.45) is -0.586. The van der Waals surface area contributed by atoms with Crippen LogP contribution in [0.4, 0.5) is 0 Å². The van der Waals surface area contributed by atoms with Crippen molar-refractivity contribution in [3.05, 3.63) is 58.4 Å². The molecule has 1 fully saturated rings. The van der Waals surface area contributed by atoms with E-state index in [0.29, 0.717) is 30.9 Å². The van der Waals surface area contributed by atoms with E-state index in [2.05, 4.69) is 16.3 Å². The van der Waals surface area contributed by atoms with Crippen LogP contribution < -0.4 is 4.74 Å². The number of carbonyl (C=O) groups is 1. The fourth-order valence-corrected chi connectivity index (χ4v) is 5.18. The predicted octanol–water partition coefficient (Wildman–Crippen LogP) is 3.20. The van der Waals surface area contributed by atoms with Crippen LogP contribution in [0, 0.1) is 0 Å². The number of benzene rings is 1. The van der Waals surface area contributed by atoms with Crippen LogP contribution in [0.25, 0.3) is 9.88 Å². The van der Waals surface area contributed by atoms with Gasteiger partial charge in [-0.1, -0.05) is 6.07 Å². The van der Waals surface area contributed by atoms with E-state index in [4.69, 9.17) is 9.72 Å². The first-order chi connectivity index (χ1) is 14.0. The summed E-state index contributed by atoms with van der Waals surface area (Å²) < 4.78 is 5.15. The fourth-order valence-electron chi connectivity index (χ4n) is 3.55. The number of amides is 1. The summed E-state index contributed by atoms with van der Waals surface area (Å²) in [6.45, 7) is 1.45. The molecule has 2 atom stereocenters. The number of thiophene rings is 1. The van der Waals surface area contributed by atoms with Crippen molar-refractivity contribution in [3.8, 4) is 15.6 Å². The Hall–Kier alpha value is -2.26. The number of aliphatic hydroxyl groups excluding tert-OH is 1. The normalized spacial score (nSPS) is 19.1. The van der Waals surface area contributed by atoms with Crippen molar-refractivity contribution < 1.29 is 14.6 Å². The number of likely N-dealkylation sites (N-methyl/N-ethyl adjacent to an activating group) is 1. The SMILES string of the molecule is COc1ccc(C(=O)N2C[C@@H](O)[C@H](N(C)Cc3csc(-c4cccs4)n3)C2)cc1. The summed E-state index contributed by atoms with van der Waals surface area (Å²) in [4.78, 5) is 22.5. The van der Waals surface area contributed by atoms with E-state index in [-0.39, 0.29) is 11.9 Å². The molecule has 1 saturated heterocycles. The second-order valence-corrected chi connectivity index (χ2v) is 8.92. The molecule has 1 aromatic carbocycles. The van der Waals surface area contributed by atoms with E-state index in [1.54, 1.807) is 58.9 Å². The fraction of sp³-hybridized carbons (Fsp3) is 0.333. The summed E-state index contributed by atoms with van der Waals surface area (Å²) >= 11 is 3.31. The number of aliphatic hydroxyl groups is 1. The number of aromatic nitrogens is 1. The Bertz CT molecular complexity index is 956. The average Bonchev–Trinajstić information content (AvgIpc) is 3.48. The molecule has 0 spiro atoms. The van der Waals surface area contributed by atoms with Crippen molar-refractivity contribution in [2.24, 2.45) is 0 Å². The molecule has 152 valence electrons. The molecule has 1 aliphatic heterocycles. The lowest BCUT2D eigenvalue weighted by Gasteiger charge is -2.25. The Morgan fingerprint density at radius 2 is 2.07 bits per heavy atom. The van der Waals surface area contributed by atoms with Gasteiger partial charge < -0.3 is 14.7 Å². The van der Waals surface area contributed by atoms with Gasteiger partial charge in [-0.05, 0) is 42.8 Å². The van der Waals surface area contributed by atoms with Crippen molar-refractivity contribution in [2.75, 3.05) is 27.2 Å². The number of hydrogen-bond donors (Lipinski definition) is 1. The Morgan fingerprint density at radius 3 is 2.76 bits per heavy atom. The minimum Gasteiger partial charge on any atom is -0.497 e. The Morgan fingerprint density at radius 1 is 1.28 bits per heavy atom. The van der Waals surface area contributed by atoms with Gasteiger partial charge in [0, 0.05) is 30.6 Å². The average molecular weight is 430 g/mol. The molecule has 0 bridgehead atoms. The van der Waals surface area contributed by atoms with Crippen LogP contribution in [-0.2, 0) is 6.54 Å². The standard InChI is InChI=1S/C21H23N3O3S2/c1-23(10-15-13-29-20(22-15)19-4-3-9-28-19)17-11-24(12-18(17)25)21(26)14-5-7-16(27-2)8-6-14/h3-9,13,17-18,25H,10-12H2,1-2H3/t17-,18-/m1/s1. The molecule has 6 nitrogen and oxygen atoms in total. The van der Waals surface area contributed by atoms with Crippen LogP contribution in [0.3, 0.4) is 0 Å². The van der Waals surface area contributed by atoms with E-state index in [1.807, 2.05) is 18.5 Å². The van der Waals surface area contributed by atoms with E-state index in [1.165, 1.54) is 4.88 Å². The lowest BCUT2D eigenvalue weighted by atomic mass is 10.2. The maximum absolute atomic E-state index is 12.8. The molecule has 1 aliphatic rings. The number of carbonyl (C=O) groups excluding carboxylic acids is 1. The maximum atomic E-state index is 12.8. The summed E-state index contributed by atoms with van der Waals surface area (Å²) in [5.41, 5.74) is 1.58. The molecule has 0 radical (unpaired) electrons. The van der Waals surface area contributed by atoms with Crippen LogP contribution >= 0.6 is 22.7 Å². The maximum Gasteiger partial charge on any atom is 0.254 e. The Labute approximate surface area is 178 Å². The van der Waals surface area contributed by atoms with Gasteiger partial charge in [-0.2, -0.15) is 0 Å². The van der Waals surface area contributed by atoms with Gasteiger partial charge in [0.15, 0.2) is 0 Å². The number of likely N-dealkylation sites (tertiary alicyclic amines) is 1. The molecule has 3 aromatic rings. The third kappa shape index (κ3) is 4.35. The number of nitrogens with zero attached hydrogens (tertiary/aromatic N) is 3. The van der Waals surface area contributed by atoms with E-state index < -0.39 is 6.10 Å². The van der Waals surface area contributed by atoms with Crippen LogP contribution in [0.1, 0.15) is 16.1 Å². The molecule has 0 aliphatic carbocycles.